The molecule has 0 atom stereocenters. The van der Waals surface area contributed by atoms with Gasteiger partial charge in [0, 0.05) is 6.42 Å². The van der Waals surface area contributed by atoms with Crippen LogP contribution < -0.4 is 0 Å². The van der Waals surface area contributed by atoms with Crippen molar-refractivity contribution >= 4 is 35.5 Å². The molecule has 0 saturated heterocycles. The zero-order chi connectivity index (χ0) is 14.2. The van der Waals surface area contributed by atoms with Gasteiger partial charge in [-0.05, 0) is 6.42 Å². The van der Waals surface area contributed by atoms with Crippen LogP contribution in [0, 0.1) is 0 Å². The number of hydrogen-bond donors (Lipinski definition) is 0. The van der Waals surface area contributed by atoms with Gasteiger partial charge in [-0.1, -0.05) is 84.0 Å². The van der Waals surface area contributed by atoms with Crippen LogP contribution in [0.4, 0.5) is 0 Å². The second-order valence-electron chi connectivity index (χ2n) is 5.57. The average molecular weight is 294 g/mol. The molecular weight excluding hydrogens is 259 g/mol. The zero-order valence-corrected chi connectivity index (χ0v) is 13.2. The first kappa shape index (κ1) is 22.7. The van der Waals surface area contributed by atoms with Crippen LogP contribution in [0.2, 0.25) is 0 Å². The van der Waals surface area contributed by atoms with E-state index in [2.05, 4.69) is 11.7 Å². The summed E-state index contributed by atoms with van der Waals surface area (Å²) < 4.78 is 4.62. The Bertz CT molecular complexity index is 195. The van der Waals surface area contributed by atoms with Crippen molar-refractivity contribution in [3.63, 3.8) is 0 Å². The van der Waals surface area contributed by atoms with Gasteiger partial charge in [0.25, 0.3) is 0 Å². The summed E-state index contributed by atoms with van der Waals surface area (Å²) >= 11 is 0. The summed E-state index contributed by atoms with van der Waals surface area (Å²) in [6, 6.07) is 0. The van der Waals surface area contributed by atoms with Gasteiger partial charge in [-0.3, -0.25) is 4.79 Å². The molecule has 116 valence electrons. The van der Waals surface area contributed by atoms with Crippen LogP contribution in [0.25, 0.3) is 0 Å². The van der Waals surface area contributed by atoms with E-state index in [1.807, 2.05) is 0 Å². The summed E-state index contributed by atoms with van der Waals surface area (Å²) in [6.45, 7) is 2.27. The third-order valence-corrected chi connectivity index (χ3v) is 3.71. The van der Waals surface area contributed by atoms with Crippen molar-refractivity contribution in [2.45, 2.75) is 96.8 Å². The summed E-state index contributed by atoms with van der Waals surface area (Å²) in [5.41, 5.74) is 0. The van der Waals surface area contributed by atoms with E-state index >= 15 is 0 Å². The standard InChI is InChI=1S/C17H34O2.Na.H/c1-3-4-5-6-7-8-9-10-11-12-13-14-15-16-17(18)19-2;;/h3-16H2,1-2H3;;. The Morgan fingerprint density at radius 3 is 1.40 bits per heavy atom. The number of carbonyl (C=O) groups excluding carboxylic acids is 1. The van der Waals surface area contributed by atoms with Crippen molar-refractivity contribution in [2.75, 3.05) is 7.11 Å². The SMILES string of the molecule is CCCCCCCCCCCCCCCC(=O)OC.[NaH]. The molecule has 0 aromatic rings. The van der Waals surface area contributed by atoms with Gasteiger partial charge in [-0.25, -0.2) is 0 Å². The van der Waals surface area contributed by atoms with Gasteiger partial charge in [-0.15, -0.1) is 0 Å². The van der Waals surface area contributed by atoms with Crippen molar-refractivity contribution in [1.82, 2.24) is 0 Å². The monoisotopic (exact) mass is 294 g/mol. The Balaban J connectivity index is 0. The van der Waals surface area contributed by atoms with Gasteiger partial charge in [0.2, 0.25) is 0 Å². The Kier molecular flexibility index (Phi) is 22.1. The molecule has 0 aliphatic carbocycles. The quantitative estimate of drug-likeness (QED) is 0.256. The molecule has 0 radical (unpaired) electrons. The first-order chi connectivity index (χ1) is 9.31. The molecule has 0 spiro atoms. The topological polar surface area (TPSA) is 26.3 Å². The number of esters is 1. The predicted molar refractivity (Wildman–Crippen MR) is 89.5 cm³/mol. The van der Waals surface area contributed by atoms with E-state index in [0.29, 0.717) is 6.42 Å². The zero-order valence-electron chi connectivity index (χ0n) is 13.2. The molecule has 0 aromatic carbocycles. The molecule has 0 fully saturated rings. The minimum atomic E-state index is -0.0666. The fourth-order valence-electron chi connectivity index (χ4n) is 2.39. The molecule has 0 heterocycles. The van der Waals surface area contributed by atoms with Crippen LogP contribution in [0.5, 0.6) is 0 Å². The molecule has 0 N–H and O–H groups in total. The van der Waals surface area contributed by atoms with Crippen LogP contribution in [-0.4, -0.2) is 42.6 Å². The Morgan fingerprint density at radius 2 is 1.05 bits per heavy atom. The minimum absolute atomic E-state index is 0. The van der Waals surface area contributed by atoms with E-state index in [1.165, 1.54) is 84.2 Å². The van der Waals surface area contributed by atoms with E-state index in [9.17, 15) is 4.79 Å². The van der Waals surface area contributed by atoms with Crippen LogP contribution in [0.3, 0.4) is 0 Å². The van der Waals surface area contributed by atoms with E-state index < -0.39 is 0 Å². The van der Waals surface area contributed by atoms with Crippen LogP contribution in [-0.2, 0) is 9.53 Å². The van der Waals surface area contributed by atoms with Gasteiger partial charge in [0.05, 0.1) is 7.11 Å². The van der Waals surface area contributed by atoms with Gasteiger partial charge >= 0.3 is 35.5 Å². The molecular formula is C17H35NaO2. The van der Waals surface area contributed by atoms with Crippen molar-refractivity contribution in [2.24, 2.45) is 0 Å². The molecule has 0 bridgehead atoms. The number of unbranched alkanes of at least 4 members (excludes halogenated alkanes) is 12. The molecule has 0 rings (SSSR count). The summed E-state index contributed by atoms with van der Waals surface area (Å²) in [5.74, 6) is -0.0666. The first-order valence-electron chi connectivity index (χ1n) is 8.38. The first-order valence-corrected chi connectivity index (χ1v) is 8.38. The fraction of sp³-hybridized carbons (Fsp3) is 0.941. The second kappa shape index (κ2) is 19.5. The Labute approximate surface area is 148 Å². The number of ether oxygens (including phenoxy) is 1. The molecule has 0 amide bonds. The van der Waals surface area contributed by atoms with Gasteiger partial charge < -0.3 is 4.74 Å². The summed E-state index contributed by atoms with van der Waals surface area (Å²) in [5, 5.41) is 0. The van der Waals surface area contributed by atoms with E-state index in [4.69, 9.17) is 0 Å². The van der Waals surface area contributed by atoms with Crippen molar-refractivity contribution < 1.29 is 9.53 Å². The second-order valence-corrected chi connectivity index (χ2v) is 5.57. The molecule has 2 nitrogen and oxygen atoms in total. The van der Waals surface area contributed by atoms with E-state index in [0.717, 1.165) is 6.42 Å². The third-order valence-electron chi connectivity index (χ3n) is 3.71. The maximum atomic E-state index is 10.9. The Hall–Kier alpha value is 0.470. The summed E-state index contributed by atoms with van der Waals surface area (Å²) in [4.78, 5) is 10.9. The molecule has 0 saturated carbocycles. The van der Waals surface area contributed by atoms with Gasteiger partial charge in [0.15, 0.2) is 0 Å². The summed E-state index contributed by atoms with van der Waals surface area (Å²) in [6.07, 6.45) is 18.0. The normalized spacial score (nSPS) is 10.1. The molecule has 0 aliphatic rings. The molecule has 0 unspecified atom stereocenters. The number of methoxy groups -OCH3 is 1. The fourth-order valence-corrected chi connectivity index (χ4v) is 2.39. The van der Waals surface area contributed by atoms with Crippen molar-refractivity contribution in [1.29, 1.82) is 0 Å². The van der Waals surface area contributed by atoms with Crippen LogP contribution in [0.1, 0.15) is 96.8 Å². The molecule has 3 heteroatoms. The molecule has 20 heavy (non-hydrogen) atoms. The predicted octanol–water partition coefficient (Wildman–Crippen LogP) is 4.99. The number of hydrogen-bond acceptors (Lipinski definition) is 2. The molecule has 0 aliphatic heterocycles. The van der Waals surface area contributed by atoms with Gasteiger partial charge in [-0.2, -0.15) is 0 Å². The number of carbonyl (C=O) groups is 1. The average Bonchev–Trinajstić information content (AvgIpc) is 2.43. The van der Waals surface area contributed by atoms with Gasteiger partial charge in [0.1, 0.15) is 0 Å². The van der Waals surface area contributed by atoms with E-state index in [-0.39, 0.29) is 35.5 Å². The number of rotatable bonds is 14. The van der Waals surface area contributed by atoms with Crippen molar-refractivity contribution in [3.8, 4) is 0 Å². The van der Waals surface area contributed by atoms with Crippen LogP contribution in [0.15, 0.2) is 0 Å². The third kappa shape index (κ3) is 18.5. The van der Waals surface area contributed by atoms with Crippen molar-refractivity contribution in [3.05, 3.63) is 0 Å². The summed E-state index contributed by atoms with van der Waals surface area (Å²) in [7, 11) is 1.46. The van der Waals surface area contributed by atoms with Crippen LogP contribution >= 0.6 is 0 Å². The maximum absolute atomic E-state index is 10.9. The molecule has 0 aromatic heterocycles. The Morgan fingerprint density at radius 1 is 0.700 bits per heavy atom. The van der Waals surface area contributed by atoms with E-state index in [1.54, 1.807) is 0 Å².